The third-order valence-corrected chi connectivity index (χ3v) is 5.24. The molecule has 1 aliphatic heterocycles. The first kappa shape index (κ1) is 19.8. The van der Waals surface area contributed by atoms with Crippen molar-refractivity contribution in [3.05, 3.63) is 87.2 Å². The topological polar surface area (TPSA) is 86.3 Å². The molecule has 1 N–H and O–H groups in total. The molecule has 0 radical (unpaired) electrons. The summed E-state index contributed by atoms with van der Waals surface area (Å²) in [4.78, 5) is 26.0. The SMILES string of the molecule is N#Cc1ccc(-c2ccc(/C=C3\NC(=O)N(Cc4ccc(Cl)c(Cl)c4)C3=O)o2)cc1. The van der Waals surface area contributed by atoms with Gasteiger partial charge in [0.05, 0.1) is 28.2 Å². The van der Waals surface area contributed by atoms with Crippen LogP contribution in [0.15, 0.2) is 64.7 Å². The van der Waals surface area contributed by atoms with E-state index in [2.05, 4.69) is 11.4 Å². The smallest absolute Gasteiger partial charge is 0.329 e. The zero-order valence-electron chi connectivity index (χ0n) is 15.4. The Morgan fingerprint density at radius 3 is 2.50 bits per heavy atom. The second-order valence-electron chi connectivity index (χ2n) is 6.52. The van der Waals surface area contributed by atoms with E-state index in [1.807, 2.05) is 0 Å². The van der Waals surface area contributed by atoms with E-state index in [0.29, 0.717) is 32.7 Å². The number of nitriles is 1. The monoisotopic (exact) mass is 437 g/mol. The molecule has 2 heterocycles. The van der Waals surface area contributed by atoms with Gasteiger partial charge in [-0.1, -0.05) is 29.3 Å². The van der Waals surface area contributed by atoms with Crippen molar-refractivity contribution >= 4 is 41.2 Å². The van der Waals surface area contributed by atoms with E-state index in [1.165, 1.54) is 6.08 Å². The van der Waals surface area contributed by atoms with Crippen molar-refractivity contribution in [3.8, 4) is 17.4 Å². The van der Waals surface area contributed by atoms with Crippen LogP contribution in [-0.2, 0) is 11.3 Å². The van der Waals surface area contributed by atoms with Gasteiger partial charge in [0, 0.05) is 11.6 Å². The fourth-order valence-electron chi connectivity index (χ4n) is 2.97. The van der Waals surface area contributed by atoms with Crippen molar-refractivity contribution in [1.82, 2.24) is 10.2 Å². The summed E-state index contributed by atoms with van der Waals surface area (Å²) in [5, 5.41) is 12.2. The van der Waals surface area contributed by atoms with Crippen LogP contribution in [0.3, 0.4) is 0 Å². The summed E-state index contributed by atoms with van der Waals surface area (Å²) in [6.45, 7) is 0.0630. The zero-order valence-corrected chi connectivity index (χ0v) is 16.9. The molecule has 2 aromatic carbocycles. The number of benzene rings is 2. The standard InChI is InChI=1S/C22H13Cl2N3O3/c23-17-7-3-14(9-18(17)24)12-27-21(28)19(26-22(27)29)10-16-6-8-20(30-16)15-4-1-13(11-25)2-5-15/h1-10H,12H2,(H,26,29)/b19-10-. The Hall–Kier alpha value is -3.53. The molecule has 8 heteroatoms. The number of carbonyl (C=O) groups is 2. The molecule has 3 aromatic rings. The van der Waals surface area contributed by atoms with Gasteiger partial charge in [-0.15, -0.1) is 0 Å². The number of carbonyl (C=O) groups excluding carboxylic acids is 2. The summed E-state index contributed by atoms with van der Waals surface area (Å²) in [7, 11) is 0. The van der Waals surface area contributed by atoms with Crippen molar-refractivity contribution in [3.63, 3.8) is 0 Å². The minimum absolute atomic E-state index is 0.0630. The van der Waals surface area contributed by atoms with Crippen LogP contribution in [0.4, 0.5) is 4.79 Å². The van der Waals surface area contributed by atoms with Crippen molar-refractivity contribution in [2.75, 3.05) is 0 Å². The lowest BCUT2D eigenvalue weighted by atomic mass is 10.1. The van der Waals surface area contributed by atoms with Crippen LogP contribution in [-0.4, -0.2) is 16.8 Å². The van der Waals surface area contributed by atoms with Crippen LogP contribution < -0.4 is 5.32 Å². The molecule has 0 bridgehead atoms. The van der Waals surface area contributed by atoms with Gasteiger partial charge in [-0.05, 0) is 54.1 Å². The fraction of sp³-hybridized carbons (Fsp3) is 0.0455. The van der Waals surface area contributed by atoms with Crippen molar-refractivity contribution in [2.45, 2.75) is 6.54 Å². The number of halogens is 2. The Morgan fingerprint density at radius 2 is 1.80 bits per heavy atom. The lowest BCUT2D eigenvalue weighted by molar-refractivity contribution is -0.123. The van der Waals surface area contributed by atoms with Gasteiger partial charge in [0.2, 0.25) is 0 Å². The van der Waals surface area contributed by atoms with Crippen LogP contribution in [0.25, 0.3) is 17.4 Å². The first-order valence-electron chi connectivity index (χ1n) is 8.83. The third kappa shape index (κ3) is 3.94. The Kier molecular flexibility index (Phi) is 5.32. The maximum absolute atomic E-state index is 12.7. The second kappa shape index (κ2) is 8.07. The largest absolute Gasteiger partial charge is 0.457 e. The van der Waals surface area contributed by atoms with Crippen molar-refractivity contribution in [1.29, 1.82) is 5.26 Å². The Bertz CT molecular complexity index is 1220. The number of hydrogen-bond donors (Lipinski definition) is 1. The number of furan rings is 1. The van der Waals surface area contributed by atoms with Gasteiger partial charge < -0.3 is 9.73 Å². The molecule has 1 saturated heterocycles. The lowest BCUT2D eigenvalue weighted by Gasteiger charge is -2.12. The highest BCUT2D eigenvalue weighted by Crippen LogP contribution is 2.26. The first-order chi connectivity index (χ1) is 14.4. The van der Waals surface area contributed by atoms with Gasteiger partial charge in [-0.3, -0.25) is 9.69 Å². The third-order valence-electron chi connectivity index (χ3n) is 4.50. The number of imide groups is 1. The van der Waals surface area contributed by atoms with E-state index in [1.54, 1.807) is 54.6 Å². The summed E-state index contributed by atoms with van der Waals surface area (Å²) < 4.78 is 5.76. The minimum Gasteiger partial charge on any atom is -0.457 e. The molecular weight excluding hydrogens is 425 g/mol. The van der Waals surface area contributed by atoms with Crippen LogP contribution >= 0.6 is 23.2 Å². The molecule has 0 atom stereocenters. The number of rotatable bonds is 4. The molecule has 0 aliphatic carbocycles. The van der Waals surface area contributed by atoms with Crippen LogP contribution in [0, 0.1) is 11.3 Å². The molecule has 1 fully saturated rings. The highest BCUT2D eigenvalue weighted by molar-refractivity contribution is 6.42. The quantitative estimate of drug-likeness (QED) is 0.447. The molecule has 6 nitrogen and oxygen atoms in total. The van der Waals surface area contributed by atoms with Crippen LogP contribution in [0.5, 0.6) is 0 Å². The Labute approximate surface area is 181 Å². The summed E-state index contributed by atoms with van der Waals surface area (Å²) in [5.74, 6) is 0.521. The molecule has 148 valence electrons. The molecular formula is C22H13Cl2N3O3. The summed E-state index contributed by atoms with van der Waals surface area (Å²) in [6.07, 6.45) is 1.47. The molecule has 0 spiro atoms. The number of urea groups is 1. The van der Waals surface area contributed by atoms with Crippen LogP contribution in [0.2, 0.25) is 10.0 Å². The number of amides is 3. The average molecular weight is 438 g/mol. The normalized spacial score (nSPS) is 14.8. The van der Waals surface area contributed by atoms with E-state index in [9.17, 15) is 9.59 Å². The van der Waals surface area contributed by atoms with E-state index >= 15 is 0 Å². The van der Waals surface area contributed by atoms with E-state index in [4.69, 9.17) is 32.9 Å². The van der Waals surface area contributed by atoms with Gasteiger partial charge in [-0.25, -0.2) is 4.79 Å². The van der Waals surface area contributed by atoms with E-state index in [0.717, 1.165) is 10.5 Å². The fourth-order valence-corrected chi connectivity index (χ4v) is 3.29. The van der Waals surface area contributed by atoms with Crippen molar-refractivity contribution in [2.24, 2.45) is 0 Å². The van der Waals surface area contributed by atoms with E-state index < -0.39 is 11.9 Å². The molecule has 0 saturated carbocycles. The molecule has 3 amide bonds. The Morgan fingerprint density at radius 1 is 1.03 bits per heavy atom. The van der Waals surface area contributed by atoms with Gasteiger partial charge in [0.15, 0.2) is 0 Å². The molecule has 4 rings (SSSR count). The zero-order chi connectivity index (χ0) is 21.3. The predicted molar refractivity (Wildman–Crippen MR) is 112 cm³/mol. The van der Waals surface area contributed by atoms with Crippen molar-refractivity contribution < 1.29 is 14.0 Å². The lowest BCUT2D eigenvalue weighted by Crippen LogP contribution is -2.30. The molecule has 1 aliphatic rings. The number of nitrogens with one attached hydrogen (secondary N) is 1. The minimum atomic E-state index is -0.531. The molecule has 0 unspecified atom stereocenters. The van der Waals surface area contributed by atoms with Gasteiger partial charge in [0.25, 0.3) is 5.91 Å². The highest BCUT2D eigenvalue weighted by atomic mass is 35.5. The maximum Gasteiger partial charge on any atom is 0.329 e. The summed E-state index contributed by atoms with van der Waals surface area (Å²) in [6, 6.07) is 16.8. The maximum atomic E-state index is 12.7. The number of hydrogen-bond acceptors (Lipinski definition) is 4. The van der Waals surface area contributed by atoms with Gasteiger partial charge in [-0.2, -0.15) is 5.26 Å². The van der Waals surface area contributed by atoms with Gasteiger partial charge >= 0.3 is 6.03 Å². The first-order valence-corrected chi connectivity index (χ1v) is 9.59. The predicted octanol–water partition coefficient (Wildman–Crippen LogP) is 5.22. The Balaban J connectivity index is 1.52. The van der Waals surface area contributed by atoms with Gasteiger partial charge in [0.1, 0.15) is 17.2 Å². The highest BCUT2D eigenvalue weighted by Gasteiger charge is 2.33. The average Bonchev–Trinajstić information content (AvgIpc) is 3.31. The molecule has 1 aromatic heterocycles. The summed E-state index contributed by atoms with van der Waals surface area (Å²) in [5.41, 5.74) is 2.13. The summed E-state index contributed by atoms with van der Waals surface area (Å²) >= 11 is 11.9. The van der Waals surface area contributed by atoms with E-state index in [-0.39, 0.29) is 12.2 Å². The molecule has 30 heavy (non-hydrogen) atoms. The number of nitrogens with zero attached hydrogens (tertiary/aromatic N) is 2. The van der Waals surface area contributed by atoms with Crippen LogP contribution in [0.1, 0.15) is 16.9 Å². The second-order valence-corrected chi connectivity index (χ2v) is 7.33.